The van der Waals surface area contributed by atoms with Crippen molar-refractivity contribution in [1.29, 1.82) is 0 Å². The maximum Gasteiger partial charge on any atom is 0.137 e. The molecule has 0 saturated heterocycles. The van der Waals surface area contributed by atoms with E-state index >= 15 is 0 Å². The van der Waals surface area contributed by atoms with Crippen molar-refractivity contribution in [3.8, 4) is 0 Å². The molecular formula is C12H10F2O2. The topological polar surface area (TPSA) is 33.4 Å². The predicted molar refractivity (Wildman–Crippen MR) is 53.9 cm³/mol. The predicted octanol–water partition coefficient (Wildman–Crippen LogP) is 2.95. The van der Waals surface area contributed by atoms with E-state index < -0.39 is 17.7 Å². The van der Waals surface area contributed by atoms with E-state index in [1.807, 2.05) is 0 Å². The van der Waals surface area contributed by atoms with Crippen LogP contribution in [0.5, 0.6) is 0 Å². The van der Waals surface area contributed by atoms with Crippen molar-refractivity contribution in [3.63, 3.8) is 0 Å². The largest absolute Gasteiger partial charge is 0.463 e. The van der Waals surface area contributed by atoms with Crippen LogP contribution in [0.25, 0.3) is 0 Å². The van der Waals surface area contributed by atoms with E-state index in [-0.39, 0.29) is 11.3 Å². The van der Waals surface area contributed by atoms with Crippen LogP contribution in [0.4, 0.5) is 8.78 Å². The highest BCUT2D eigenvalue weighted by Crippen LogP contribution is 2.24. The van der Waals surface area contributed by atoms with Crippen LogP contribution in [-0.2, 0) is 0 Å². The van der Waals surface area contributed by atoms with Gasteiger partial charge in [-0.3, -0.25) is 0 Å². The Balaban J connectivity index is 2.37. The van der Waals surface area contributed by atoms with E-state index in [1.165, 1.54) is 0 Å². The molecule has 0 radical (unpaired) electrons. The number of rotatable bonds is 2. The Morgan fingerprint density at radius 1 is 1.12 bits per heavy atom. The quantitative estimate of drug-likeness (QED) is 0.850. The molecule has 0 aliphatic carbocycles. The van der Waals surface area contributed by atoms with Crippen LogP contribution in [0.1, 0.15) is 23.2 Å². The molecule has 84 valence electrons. The van der Waals surface area contributed by atoms with Gasteiger partial charge in [-0.1, -0.05) is 0 Å². The molecule has 1 atom stereocenters. The van der Waals surface area contributed by atoms with Gasteiger partial charge in [0.05, 0.1) is 0 Å². The van der Waals surface area contributed by atoms with Gasteiger partial charge in [0.1, 0.15) is 29.3 Å². The number of furan rings is 1. The maximum absolute atomic E-state index is 12.9. The highest BCUT2D eigenvalue weighted by Gasteiger charge is 2.15. The van der Waals surface area contributed by atoms with Gasteiger partial charge in [0, 0.05) is 6.07 Å². The first-order valence-electron chi connectivity index (χ1n) is 4.76. The van der Waals surface area contributed by atoms with E-state index in [0.717, 1.165) is 18.2 Å². The normalized spacial score (nSPS) is 12.8. The fourth-order valence-corrected chi connectivity index (χ4v) is 1.50. The second-order valence-electron chi connectivity index (χ2n) is 3.55. The third kappa shape index (κ3) is 2.12. The molecule has 1 N–H and O–H groups in total. The van der Waals surface area contributed by atoms with Gasteiger partial charge in [-0.2, -0.15) is 0 Å². The van der Waals surface area contributed by atoms with Crippen LogP contribution < -0.4 is 0 Å². The van der Waals surface area contributed by atoms with E-state index in [2.05, 4.69) is 0 Å². The van der Waals surface area contributed by atoms with Crippen molar-refractivity contribution in [3.05, 3.63) is 59.1 Å². The van der Waals surface area contributed by atoms with Gasteiger partial charge >= 0.3 is 0 Å². The fraction of sp³-hybridized carbons (Fsp3) is 0.167. The minimum Gasteiger partial charge on any atom is -0.463 e. The SMILES string of the molecule is Cc1ccc([C@@H](O)c2cc(F)cc(F)c2)o1. The number of aryl methyl sites for hydroxylation is 1. The number of hydrogen-bond donors (Lipinski definition) is 1. The summed E-state index contributed by atoms with van der Waals surface area (Å²) in [5, 5.41) is 9.83. The minimum absolute atomic E-state index is 0.131. The second-order valence-corrected chi connectivity index (χ2v) is 3.55. The van der Waals surface area contributed by atoms with Gasteiger partial charge < -0.3 is 9.52 Å². The lowest BCUT2D eigenvalue weighted by molar-refractivity contribution is 0.187. The van der Waals surface area contributed by atoms with Gasteiger partial charge in [0.2, 0.25) is 0 Å². The minimum atomic E-state index is -1.15. The van der Waals surface area contributed by atoms with Gasteiger partial charge in [-0.25, -0.2) is 8.78 Å². The van der Waals surface area contributed by atoms with Crippen molar-refractivity contribution in [2.45, 2.75) is 13.0 Å². The van der Waals surface area contributed by atoms with Crippen LogP contribution in [0.15, 0.2) is 34.7 Å². The van der Waals surface area contributed by atoms with E-state index in [1.54, 1.807) is 19.1 Å². The Morgan fingerprint density at radius 3 is 2.25 bits per heavy atom. The second kappa shape index (κ2) is 4.06. The summed E-state index contributed by atoms with van der Waals surface area (Å²) in [6.07, 6.45) is -1.15. The molecule has 2 aromatic rings. The van der Waals surface area contributed by atoms with Crippen molar-refractivity contribution in [1.82, 2.24) is 0 Å². The Hall–Kier alpha value is -1.68. The van der Waals surface area contributed by atoms with Crippen LogP contribution >= 0.6 is 0 Å². The Morgan fingerprint density at radius 2 is 1.75 bits per heavy atom. The van der Waals surface area contributed by atoms with Gasteiger partial charge in [0.15, 0.2) is 0 Å². The first-order chi connectivity index (χ1) is 7.56. The summed E-state index contributed by atoms with van der Waals surface area (Å²) in [6, 6.07) is 6.15. The molecule has 0 bridgehead atoms. The summed E-state index contributed by atoms with van der Waals surface area (Å²) >= 11 is 0. The average molecular weight is 224 g/mol. The maximum atomic E-state index is 12.9. The first-order valence-corrected chi connectivity index (χ1v) is 4.76. The molecule has 0 unspecified atom stereocenters. The molecule has 2 nitrogen and oxygen atoms in total. The number of aliphatic hydroxyl groups is 1. The molecule has 2 rings (SSSR count). The molecule has 0 aliphatic rings. The number of halogens is 2. The van der Waals surface area contributed by atoms with Crippen LogP contribution in [0.3, 0.4) is 0 Å². The highest BCUT2D eigenvalue weighted by molar-refractivity contribution is 5.26. The first kappa shape index (κ1) is 10.8. The molecule has 0 amide bonds. The molecule has 0 saturated carbocycles. The molecule has 1 aromatic carbocycles. The summed E-state index contributed by atoms with van der Waals surface area (Å²) in [5.74, 6) is -0.553. The summed E-state index contributed by atoms with van der Waals surface area (Å²) in [5.41, 5.74) is 0.131. The fourth-order valence-electron chi connectivity index (χ4n) is 1.50. The molecule has 4 heteroatoms. The Bertz CT molecular complexity index is 485. The molecule has 1 aromatic heterocycles. The standard InChI is InChI=1S/C12H10F2O2/c1-7-2-3-11(16-7)12(15)8-4-9(13)6-10(14)5-8/h2-6,12,15H,1H3/t12-/m0/s1. The van der Waals surface area contributed by atoms with E-state index in [9.17, 15) is 13.9 Å². The zero-order valence-electron chi connectivity index (χ0n) is 8.58. The molecule has 1 heterocycles. The van der Waals surface area contributed by atoms with Crippen LogP contribution in [0, 0.1) is 18.6 Å². The third-order valence-electron chi connectivity index (χ3n) is 2.23. The Kier molecular flexibility index (Phi) is 2.75. The summed E-state index contributed by atoms with van der Waals surface area (Å²) < 4.78 is 31.0. The lowest BCUT2D eigenvalue weighted by Gasteiger charge is -2.08. The summed E-state index contributed by atoms with van der Waals surface area (Å²) in [6.45, 7) is 1.72. The van der Waals surface area contributed by atoms with Crippen LogP contribution in [0.2, 0.25) is 0 Å². The third-order valence-corrected chi connectivity index (χ3v) is 2.23. The van der Waals surface area contributed by atoms with E-state index in [4.69, 9.17) is 4.42 Å². The van der Waals surface area contributed by atoms with Gasteiger partial charge in [0.25, 0.3) is 0 Å². The average Bonchev–Trinajstić information content (AvgIpc) is 2.62. The molecular weight excluding hydrogens is 214 g/mol. The molecule has 16 heavy (non-hydrogen) atoms. The highest BCUT2D eigenvalue weighted by atomic mass is 19.1. The van der Waals surface area contributed by atoms with Crippen molar-refractivity contribution >= 4 is 0 Å². The van der Waals surface area contributed by atoms with E-state index in [0.29, 0.717) is 5.76 Å². The number of aliphatic hydroxyl groups excluding tert-OH is 1. The smallest absolute Gasteiger partial charge is 0.137 e. The Labute approximate surface area is 91.1 Å². The van der Waals surface area contributed by atoms with Gasteiger partial charge in [-0.05, 0) is 36.8 Å². The molecule has 0 aliphatic heterocycles. The lowest BCUT2D eigenvalue weighted by Crippen LogP contribution is -1.99. The number of hydrogen-bond acceptors (Lipinski definition) is 2. The van der Waals surface area contributed by atoms with Crippen LogP contribution in [-0.4, -0.2) is 5.11 Å². The van der Waals surface area contributed by atoms with Crippen molar-refractivity contribution in [2.75, 3.05) is 0 Å². The lowest BCUT2D eigenvalue weighted by atomic mass is 10.1. The monoisotopic (exact) mass is 224 g/mol. The zero-order valence-corrected chi connectivity index (χ0v) is 8.58. The van der Waals surface area contributed by atoms with Crippen molar-refractivity contribution in [2.24, 2.45) is 0 Å². The molecule has 0 spiro atoms. The van der Waals surface area contributed by atoms with Gasteiger partial charge in [-0.15, -0.1) is 0 Å². The van der Waals surface area contributed by atoms with Crippen molar-refractivity contribution < 1.29 is 18.3 Å². The summed E-state index contributed by atoms with van der Waals surface area (Å²) in [7, 11) is 0. The number of benzene rings is 1. The zero-order chi connectivity index (χ0) is 11.7. The summed E-state index contributed by atoms with van der Waals surface area (Å²) in [4.78, 5) is 0. The molecule has 0 fully saturated rings.